The minimum atomic E-state index is -0.274. The summed E-state index contributed by atoms with van der Waals surface area (Å²) in [6, 6.07) is -0.274. The van der Waals surface area contributed by atoms with Crippen LogP contribution in [0.25, 0.3) is 0 Å². The van der Waals surface area contributed by atoms with E-state index >= 15 is 0 Å². The molecule has 1 aliphatic carbocycles. The van der Waals surface area contributed by atoms with Gasteiger partial charge in [-0.1, -0.05) is 18.6 Å². The minimum Gasteiger partial charge on any atom is -0.351 e. The molecular formula is C15H27N3O. The van der Waals surface area contributed by atoms with Gasteiger partial charge in [-0.2, -0.15) is 0 Å². The van der Waals surface area contributed by atoms with E-state index in [0.29, 0.717) is 5.92 Å². The number of amides is 2. The highest BCUT2D eigenvalue weighted by Crippen LogP contribution is 2.30. The monoisotopic (exact) mass is 265 g/mol. The van der Waals surface area contributed by atoms with Crippen molar-refractivity contribution in [3.63, 3.8) is 0 Å². The SMILES string of the molecule is CC1=CCC[C@H](C)[C@H]1CN1CCCN(C(N)=O)CC1. The van der Waals surface area contributed by atoms with E-state index in [1.807, 2.05) is 0 Å². The highest BCUT2D eigenvalue weighted by Gasteiger charge is 2.25. The fraction of sp³-hybridized carbons (Fsp3) is 0.800. The molecule has 0 saturated carbocycles. The zero-order valence-electron chi connectivity index (χ0n) is 12.3. The van der Waals surface area contributed by atoms with Crippen molar-refractivity contribution >= 4 is 6.03 Å². The molecule has 0 aromatic heterocycles. The van der Waals surface area contributed by atoms with Crippen LogP contribution in [0.4, 0.5) is 4.79 Å². The van der Waals surface area contributed by atoms with Crippen molar-refractivity contribution in [2.75, 3.05) is 32.7 Å². The van der Waals surface area contributed by atoms with Crippen molar-refractivity contribution in [1.29, 1.82) is 0 Å². The van der Waals surface area contributed by atoms with Crippen molar-refractivity contribution in [2.45, 2.75) is 33.1 Å². The number of nitrogens with zero attached hydrogens (tertiary/aromatic N) is 2. The molecule has 108 valence electrons. The summed E-state index contributed by atoms with van der Waals surface area (Å²) < 4.78 is 0. The Morgan fingerprint density at radius 2 is 2.16 bits per heavy atom. The third-order valence-electron chi connectivity index (χ3n) is 4.72. The van der Waals surface area contributed by atoms with Crippen LogP contribution in [0.15, 0.2) is 11.6 Å². The Labute approximate surface area is 116 Å². The summed E-state index contributed by atoms with van der Waals surface area (Å²) in [5, 5.41) is 0. The molecule has 0 radical (unpaired) electrons. The van der Waals surface area contributed by atoms with Gasteiger partial charge in [-0.15, -0.1) is 0 Å². The molecule has 2 rings (SSSR count). The smallest absolute Gasteiger partial charge is 0.314 e. The fourth-order valence-electron chi connectivity index (χ4n) is 3.35. The van der Waals surface area contributed by atoms with E-state index in [0.717, 1.165) is 45.1 Å². The zero-order valence-corrected chi connectivity index (χ0v) is 12.3. The molecule has 1 saturated heterocycles. The van der Waals surface area contributed by atoms with Crippen LogP contribution in [-0.4, -0.2) is 48.6 Å². The van der Waals surface area contributed by atoms with Crippen molar-refractivity contribution in [1.82, 2.24) is 9.80 Å². The Hall–Kier alpha value is -1.03. The summed E-state index contributed by atoms with van der Waals surface area (Å²) in [5.41, 5.74) is 6.92. The van der Waals surface area contributed by atoms with Gasteiger partial charge in [0.2, 0.25) is 0 Å². The summed E-state index contributed by atoms with van der Waals surface area (Å²) in [6.45, 7) is 9.40. The molecule has 1 heterocycles. The van der Waals surface area contributed by atoms with Gasteiger partial charge in [-0.05, 0) is 44.6 Å². The van der Waals surface area contributed by atoms with Gasteiger partial charge < -0.3 is 15.5 Å². The lowest BCUT2D eigenvalue weighted by molar-refractivity contribution is 0.197. The summed E-state index contributed by atoms with van der Waals surface area (Å²) in [7, 11) is 0. The molecule has 1 fully saturated rings. The lowest BCUT2D eigenvalue weighted by atomic mass is 9.80. The van der Waals surface area contributed by atoms with Crippen LogP contribution in [0.2, 0.25) is 0 Å². The second-order valence-corrected chi connectivity index (χ2v) is 6.09. The van der Waals surface area contributed by atoms with E-state index in [1.165, 1.54) is 12.8 Å². The molecule has 2 N–H and O–H groups in total. The van der Waals surface area contributed by atoms with E-state index in [2.05, 4.69) is 24.8 Å². The summed E-state index contributed by atoms with van der Waals surface area (Å²) in [5.74, 6) is 1.47. The number of allylic oxidation sites excluding steroid dienone is 1. The lowest BCUT2D eigenvalue weighted by Gasteiger charge is -2.33. The first-order valence-corrected chi connectivity index (χ1v) is 7.51. The number of primary amides is 1. The number of rotatable bonds is 2. The standard InChI is InChI=1S/C15H27N3O/c1-12-5-3-6-13(2)14(12)11-17-7-4-8-18(10-9-17)15(16)19/h5,13-14H,3-4,6-11H2,1-2H3,(H2,16,19)/t13-,14-/m0/s1. The van der Waals surface area contributed by atoms with Gasteiger partial charge in [-0.25, -0.2) is 4.79 Å². The van der Waals surface area contributed by atoms with Gasteiger partial charge in [0.05, 0.1) is 0 Å². The molecule has 1 aliphatic heterocycles. The largest absolute Gasteiger partial charge is 0.351 e. The molecule has 0 spiro atoms. The number of nitrogens with two attached hydrogens (primary N) is 1. The number of urea groups is 1. The highest BCUT2D eigenvalue weighted by atomic mass is 16.2. The van der Waals surface area contributed by atoms with Crippen molar-refractivity contribution in [3.05, 3.63) is 11.6 Å². The topological polar surface area (TPSA) is 49.6 Å². The summed E-state index contributed by atoms with van der Waals surface area (Å²) >= 11 is 0. The maximum absolute atomic E-state index is 11.2. The first-order chi connectivity index (χ1) is 9.08. The Balaban J connectivity index is 1.90. The first kappa shape index (κ1) is 14.4. The molecule has 0 bridgehead atoms. The Morgan fingerprint density at radius 1 is 1.37 bits per heavy atom. The number of carbonyl (C=O) groups excluding carboxylic acids is 1. The zero-order chi connectivity index (χ0) is 13.8. The van der Waals surface area contributed by atoms with Crippen LogP contribution in [0.1, 0.15) is 33.1 Å². The average molecular weight is 265 g/mol. The highest BCUT2D eigenvalue weighted by molar-refractivity contribution is 5.71. The van der Waals surface area contributed by atoms with E-state index in [4.69, 9.17) is 5.73 Å². The van der Waals surface area contributed by atoms with Crippen LogP contribution < -0.4 is 5.73 Å². The number of hydrogen-bond donors (Lipinski definition) is 1. The predicted octanol–water partition coefficient (Wildman–Crippen LogP) is 2.07. The average Bonchev–Trinajstić information content (AvgIpc) is 2.59. The van der Waals surface area contributed by atoms with Crippen LogP contribution >= 0.6 is 0 Å². The molecule has 2 atom stereocenters. The number of hydrogen-bond acceptors (Lipinski definition) is 2. The molecule has 4 heteroatoms. The molecule has 0 unspecified atom stereocenters. The van der Waals surface area contributed by atoms with Gasteiger partial charge in [-0.3, -0.25) is 0 Å². The van der Waals surface area contributed by atoms with Crippen LogP contribution in [0.3, 0.4) is 0 Å². The molecule has 0 aromatic carbocycles. The van der Waals surface area contributed by atoms with Gasteiger partial charge in [0.25, 0.3) is 0 Å². The molecular weight excluding hydrogens is 238 g/mol. The van der Waals surface area contributed by atoms with E-state index in [-0.39, 0.29) is 6.03 Å². The van der Waals surface area contributed by atoms with E-state index < -0.39 is 0 Å². The Bertz CT molecular complexity index is 353. The van der Waals surface area contributed by atoms with Gasteiger partial charge in [0.1, 0.15) is 0 Å². The van der Waals surface area contributed by atoms with Crippen LogP contribution in [-0.2, 0) is 0 Å². The fourth-order valence-corrected chi connectivity index (χ4v) is 3.35. The van der Waals surface area contributed by atoms with E-state index in [1.54, 1.807) is 10.5 Å². The maximum Gasteiger partial charge on any atom is 0.314 e. The molecule has 2 aliphatic rings. The molecule has 2 amide bonds. The second kappa shape index (κ2) is 6.42. The molecule has 0 aromatic rings. The van der Waals surface area contributed by atoms with E-state index in [9.17, 15) is 4.79 Å². The predicted molar refractivity (Wildman–Crippen MR) is 77.9 cm³/mol. The van der Waals surface area contributed by atoms with Crippen molar-refractivity contribution < 1.29 is 4.79 Å². The van der Waals surface area contributed by atoms with Crippen molar-refractivity contribution in [3.8, 4) is 0 Å². The van der Waals surface area contributed by atoms with Gasteiger partial charge in [0, 0.05) is 26.2 Å². The molecule has 4 nitrogen and oxygen atoms in total. The normalized spacial score (nSPS) is 29.8. The van der Waals surface area contributed by atoms with Gasteiger partial charge >= 0.3 is 6.03 Å². The summed E-state index contributed by atoms with van der Waals surface area (Å²) in [6.07, 6.45) is 5.98. The Kier molecular flexibility index (Phi) is 4.86. The number of carbonyl (C=O) groups is 1. The summed E-state index contributed by atoms with van der Waals surface area (Å²) in [4.78, 5) is 15.5. The minimum absolute atomic E-state index is 0.274. The van der Waals surface area contributed by atoms with Gasteiger partial charge in [0.15, 0.2) is 0 Å². The molecule has 19 heavy (non-hydrogen) atoms. The van der Waals surface area contributed by atoms with Crippen LogP contribution in [0.5, 0.6) is 0 Å². The lowest BCUT2D eigenvalue weighted by Crippen LogP contribution is -2.40. The Morgan fingerprint density at radius 3 is 2.84 bits per heavy atom. The third-order valence-corrected chi connectivity index (χ3v) is 4.72. The first-order valence-electron chi connectivity index (χ1n) is 7.51. The maximum atomic E-state index is 11.2. The third kappa shape index (κ3) is 3.72. The second-order valence-electron chi connectivity index (χ2n) is 6.09. The van der Waals surface area contributed by atoms with Crippen molar-refractivity contribution in [2.24, 2.45) is 17.6 Å². The van der Waals surface area contributed by atoms with Crippen LogP contribution in [0, 0.1) is 11.8 Å². The quantitative estimate of drug-likeness (QED) is 0.777.